The highest BCUT2D eigenvalue weighted by atomic mass is 19.4. The summed E-state index contributed by atoms with van der Waals surface area (Å²) in [7, 11) is 0. The molecule has 0 aromatic heterocycles. The number of amides is 1. The van der Waals surface area contributed by atoms with Crippen LogP contribution in [0.3, 0.4) is 0 Å². The van der Waals surface area contributed by atoms with Crippen molar-refractivity contribution in [2.45, 2.75) is 13.1 Å². The van der Waals surface area contributed by atoms with Crippen molar-refractivity contribution >= 4 is 17.4 Å². The molecule has 0 saturated heterocycles. The number of nitrogens with one attached hydrogen (secondary N) is 1. The third-order valence-corrected chi connectivity index (χ3v) is 3.30. The van der Waals surface area contributed by atoms with Gasteiger partial charge in [-0.3, -0.25) is 9.59 Å². The molecule has 1 amide bonds. The molecule has 0 radical (unpaired) electrons. The number of carbonyl (C=O) groups is 2. The van der Waals surface area contributed by atoms with Crippen molar-refractivity contribution in [2.75, 3.05) is 5.32 Å². The third-order valence-electron chi connectivity index (χ3n) is 3.30. The molecule has 2 rings (SSSR count). The molecule has 120 valence electrons. The smallest absolute Gasteiger partial charge is 0.325 e. The van der Waals surface area contributed by atoms with Gasteiger partial charge < -0.3 is 5.32 Å². The van der Waals surface area contributed by atoms with Crippen LogP contribution in [-0.4, -0.2) is 11.7 Å². The van der Waals surface area contributed by atoms with Gasteiger partial charge in [0, 0.05) is 11.3 Å². The summed E-state index contributed by atoms with van der Waals surface area (Å²) < 4.78 is 37.9. The number of carbonyl (C=O) groups excluding carboxylic acids is 2. The lowest BCUT2D eigenvalue weighted by molar-refractivity contribution is -0.137. The Bertz CT molecular complexity index is 711. The highest BCUT2D eigenvalue weighted by Gasteiger charge is 2.31. The monoisotopic (exact) mass is 321 g/mol. The minimum absolute atomic E-state index is 0.00228. The maximum atomic E-state index is 12.6. The van der Waals surface area contributed by atoms with Gasteiger partial charge in [0.2, 0.25) is 5.91 Å². The van der Waals surface area contributed by atoms with Crippen LogP contribution in [-0.2, 0) is 11.0 Å². The second kappa shape index (κ2) is 6.64. The molecule has 2 aromatic rings. The third kappa shape index (κ3) is 4.18. The van der Waals surface area contributed by atoms with Crippen LogP contribution in [0.1, 0.15) is 22.8 Å². The molecule has 0 aliphatic rings. The van der Waals surface area contributed by atoms with E-state index in [-0.39, 0.29) is 5.69 Å². The topological polar surface area (TPSA) is 46.2 Å². The van der Waals surface area contributed by atoms with Gasteiger partial charge in [-0.2, -0.15) is 13.2 Å². The highest BCUT2D eigenvalue weighted by Crippen LogP contribution is 2.30. The van der Waals surface area contributed by atoms with Gasteiger partial charge in [0.25, 0.3) is 0 Å². The van der Waals surface area contributed by atoms with Gasteiger partial charge in [-0.1, -0.05) is 36.4 Å². The van der Waals surface area contributed by atoms with Crippen LogP contribution in [0.25, 0.3) is 0 Å². The average Bonchev–Trinajstić information content (AvgIpc) is 2.53. The molecule has 1 N–H and O–H groups in total. The standard InChI is InChI=1S/C17H14F3NO2/c1-11(15(22)12-6-3-2-4-7-12)16(23)21-14-9-5-8-13(10-14)17(18,19)20/h2-11H,1H3,(H,21,23)/t11-/m1/s1. The predicted molar refractivity (Wildman–Crippen MR) is 80.0 cm³/mol. The minimum atomic E-state index is -4.49. The molecule has 3 nitrogen and oxygen atoms in total. The number of ketones is 1. The van der Waals surface area contributed by atoms with Gasteiger partial charge in [-0.05, 0) is 25.1 Å². The second-order valence-electron chi connectivity index (χ2n) is 5.02. The summed E-state index contributed by atoms with van der Waals surface area (Å²) in [6.07, 6.45) is -4.49. The first kappa shape index (κ1) is 16.7. The molecule has 1 atom stereocenters. The summed E-state index contributed by atoms with van der Waals surface area (Å²) >= 11 is 0. The van der Waals surface area contributed by atoms with E-state index in [0.29, 0.717) is 5.56 Å². The first-order valence-corrected chi connectivity index (χ1v) is 6.86. The Balaban J connectivity index is 2.11. The van der Waals surface area contributed by atoms with Crippen LogP contribution in [0.2, 0.25) is 0 Å². The first-order chi connectivity index (χ1) is 10.8. The van der Waals surface area contributed by atoms with E-state index in [1.807, 2.05) is 0 Å². The van der Waals surface area contributed by atoms with Crippen molar-refractivity contribution in [2.24, 2.45) is 5.92 Å². The van der Waals surface area contributed by atoms with Gasteiger partial charge in [0.1, 0.15) is 0 Å². The summed E-state index contributed by atoms with van der Waals surface area (Å²) in [6.45, 7) is 1.41. The molecule has 0 bridgehead atoms. The fourth-order valence-corrected chi connectivity index (χ4v) is 2.00. The summed E-state index contributed by atoms with van der Waals surface area (Å²) in [5.74, 6) is -2.06. The molecular formula is C17H14F3NO2. The van der Waals surface area contributed by atoms with E-state index in [4.69, 9.17) is 0 Å². The van der Waals surface area contributed by atoms with Crippen molar-refractivity contribution in [3.8, 4) is 0 Å². The quantitative estimate of drug-likeness (QED) is 0.679. The van der Waals surface area contributed by atoms with Crippen molar-refractivity contribution in [1.82, 2.24) is 0 Å². The summed E-state index contributed by atoms with van der Waals surface area (Å²) in [6, 6.07) is 12.5. The number of benzene rings is 2. The average molecular weight is 321 g/mol. The fourth-order valence-electron chi connectivity index (χ4n) is 2.00. The molecule has 0 saturated carbocycles. The number of hydrogen-bond acceptors (Lipinski definition) is 2. The van der Waals surface area contributed by atoms with Crippen molar-refractivity contribution in [3.05, 3.63) is 65.7 Å². The van der Waals surface area contributed by atoms with Gasteiger partial charge in [-0.25, -0.2) is 0 Å². The van der Waals surface area contributed by atoms with Crippen LogP contribution >= 0.6 is 0 Å². The second-order valence-corrected chi connectivity index (χ2v) is 5.02. The number of halogens is 3. The van der Waals surface area contributed by atoms with Gasteiger partial charge in [0.05, 0.1) is 11.5 Å². The van der Waals surface area contributed by atoms with Crippen molar-refractivity contribution in [3.63, 3.8) is 0 Å². The van der Waals surface area contributed by atoms with Crippen molar-refractivity contribution < 1.29 is 22.8 Å². The maximum Gasteiger partial charge on any atom is 0.416 e. The molecule has 0 aliphatic carbocycles. The summed E-state index contributed by atoms with van der Waals surface area (Å²) in [4.78, 5) is 24.2. The molecule has 0 unspecified atom stereocenters. The summed E-state index contributed by atoms with van der Waals surface area (Å²) in [5.41, 5.74) is -0.492. The number of hydrogen-bond donors (Lipinski definition) is 1. The molecule has 23 heavy (non-hydrogen) atoms. The van der Waals surface area contributed by atoms with Crippen LogP contribution in [0.15, 0.2) is 54.6 Å². The lowest BCUT2D eigenvalue weighted by Gasteiger charge is -2.13. The Kier molecular flexibility index (Phi) is 4.83. The SMILES string of the molecule is C[C@@H](C(=O)Nc1cccc(C(F)(F)F)c1)C(=O)c1ccccc1. The largest absolute Gasteiger partial charge is 0.416 e. The van der Waals surface area contributed by atoms with E-state index in [2.05, 4.69) is 5.32 Å². The van der Waals surface area contributed by atoms with Crippen LogP contribution in [0.5, 0.6) is 0 Å². The highest BCUT2D eigenvalue weighted by molar-refractivity contribution is 6.13. The molecule has 0 fully saturated rings. The van der Waals surface area contributed by atoms with Crippen LogP contribution in [0.4, 0.5) is 18.9 Å². The van der Waals surface area contributed by atoms with E-state index in [1.165, 1.54) is 19.1 Å². The predicted octanol–water partition coefficient (Wildman–Crippen LogP) is 4.16. The van der Waals surface area contributed by atoms with Crippen LogP contribution < -0.4 is 5.32 Å². The zero-order chi connectivity index (χ0) is 17.0. The minimum Gasteiger partial charge on any atom is -0.325 e. The Labute approximate surface area is 131 Å². The molecule has 0 heterocycles. The van der Waals surface area contributed by atoms with Gasteiger partial charge in [0.15, 0.2) is 5.78 Å². The lowest BCUT2D eigenvalue weighted by Crippen LogP contribution is -2.27. The molecule has 2 aromatic carbocycles. The molecular weight excluding hydrogens is 307 g/mol. The van der Waals surface area contributed by atoms with Crippen molar-refractivity contribution in [1.29, 1.82) is 0 Å². The number of anilines is 1. The van der Waals surface area contributed by atoms with E-state index in [9.17, 15) is 22.8 Å². The van der Waals surface area contributed by atoms with E-state index >= 15 is 0 Å². The number of rotatable bonds is 4. The summed E-state index contributed by atoms with van der Waals surface area (Å²) in [5, 5.41) is 2.35. The molecule has 0 spiro atoms. The fraction of sp³-hybridized carbons (Fsp3) is 0.176. The van der Waals surface area contributed by atoms with Gasteiger partial charge >= 0.3 is 6.18 Å². The maximum absolute atomic E-state index is 12.6. The Hall–Kier alpha value is -2.63. The molecule has 0 aliphatic heterocycles. The normalized spacial score (nSPS) is 12.5. The Morgan fingerprint density at radius 2 is 1.65 bits per heavy atom. The lowest BCUT2D eigenvalue weighted by atomic mass is 9.98. The van der Waals surface area contributed by atoms with Crippen LogP contribution in [0, 0.1) is 5.92 Å². The van der Waals surface area contributed by atoms with E-state index in [1.54, 1.807) is 30.3 Å². The Morgan fingerprint density at radius 3 is 2.26 bits per heavy atom. The zero-order valence-electron chi connectivity index (χ0n) is 12.2. The van der Waals surface area contributed by atoms with Gasteiger partial charge in [-0.15, -0.1) is 0 Å². The number of Topliss-reactive ketones (excluding diaryl/α,β-unsaturated/α-hetero) is 1. The Morgan fingerprint density at radius 1 is 1.00 bits per heavy atom. The number of alkyl halides is 3. The zero-order valence-corrected chi connectivity index (χ0v) is 12.2. The van der Waals surface area contributed by atoms with E-state index in [0.717, 1.165) is 12.1 Å². The molecule has 6 heteroatoms. The van der Waals surface area contributed by atoms with E-state index < -0.39 is 29.3 Å². The first-order valence-electron chi connectivity index (χ1n) is 6.86.